The molecule has 0 radical (unpaired) electrons. The van der Waals surface area contributed by atoms with Gasteiger partial charge in [-0.3, -0.25) is 4.79 Å². The fourth-order valence-electron chi connectivity index (χ4n) is 2.84. The number of aryl methyl sites for hydroxylation is 1. The highest BCUT2D eigenvalue weighted by Gasteiger charge is 2.31. The molecule has 1 fully saturated rings. The Hall–Kier alpha value is -2.24. The Morgan fingerprint density at radius 3 is 2.64 bits per heavy atom. The Bertz CT molecular complexity index is 637. The molecule has 1 N–H and O–H groups in total. The zero-order valence-corrected chi connectivity index (χ0v) is 15.7. The first-order valence-electron chi connectivity index (χ1n) is 8.63. The van der Waals surface area contributed by atoms with Gasteiger partial charge in [0, 0.05) is 13.1 Å². The molecule has 1 aliphatic rings. The van der Waals surface area contributed by atoms with Crippen molar-refractivity contribution in [1.82, 2.24) is 4.90 Å². The number of anilines is 1. The van der Waals surface area contributed by atoms with Crippen LogP contribution in [0.3, 0.4) is 0 Å². The second kappa shape index (κ2) is 7.76. The summed E-state index contributed by atoms with van der Waals surface area (Å²) in [5.74, 6) is 0.266. The number of ether oxygens (including phenoxy) is 2. The van der Waals surface area contributed by atoms with Gasteiger partial charge < -0.3 is 19.7 Å². The number of hydrogen-bond acceptors (Lipinski definition) is 4. The van der Waals surface area contributed by atoms with Crippen LogP contribution >= 0.6 is 0 Å². The molecule has 6 heteroatoms. The first kappa shape index (κ1) is 19.1. The van der Waals surface area contributed by atoms with Gasteiger partial charge in [0.2, 0.25) is 5.91 Å². The lowest BCUT2D eigenvalue weighted by Crippen LogP contribution is -2.45. The maximum absolute atomic E-state index is 12.7. The standard InChI is InChI=1S/C19H28N2O4/c1-13-8-9-16(24-5)15(11-13)20-17(22)14-7-6-10-21(12-14)18(23)25-19(2,3)4/h8-9,11,14H,6-7,10,12H2,1-5H3,(H,20,22)/t14-/m1/s1. The average molecular weight is 348 g/mol. The van der Waals surface area contributed by atoms with E-state index in [-0.39, 0.29) is 17.9 Å². The average Bonchev–Trinajstić information content (AvgIpc) is 2.53. The summed E-state index contributed by atoms with van der Waals surface area (Å²) in [6.45, 7) is 8.45. The molecular weight excluding hydrogens is 320 g/mol. The lowest BCUT2D eigenvalue weighted by atomic mass is 9.97. The molecule has 1 aliphatic heterocycles. The number of carbonyl (C=O) groups excluding carboxylic acids is 2. The van der Waals surface area contributed by atoms with Crippen molar-refractivity contribution in [1.29, 1.82) is 0 Å². The van der Waals surface area contributed by atoms with Crippen LogP contribution in [-0.2, 0) is 9.53 Å². The maximum atomic E-state index is 12.7. The van der Waals surface area contributed by atoms with E-state index in [1.165, 1.54) is 0 Å². The predicted molar refractivity (Wildman–Crippen MR) is 96.9 cm³/mol. The summed E-state index contributed by atoms with van der Waals surface area (Å²) >= 11 is 0. The van der Waals surface area contributed by atoms with Crippen LogP contribution in [0.25, 0.3) is 0 Å². The molecule has 0 aliphatic carbocycles. The minimum atomic E-state index is -0.540. The molecule has 0 aromatic heterocycles. The number of nitrogens with zero attached hydrogens (tertiary/aromatic N) is 1. The van der Waals surface area contributed by atoms with Crippen LogP contribution < -0.4 is 10.1 Å². The minimum absolute atomic E-state index is 0.0999. The summed E-state index contributed by atoms with van der Waals surface area (Å²) in [6.07, 6.45) is 1.17. The molecule has 138 valence electrons. The normalized spacial score (nSPS) is 17.8. The van der Waals surface area contributed by atoms with Gasteiger partial charge in [-0.15, -0.1) is 0 Å². The van der Waals surface area contributed by atoms with Crippen molar-refractivity contribution < 1.29 is 19.1 Å². The molecule has 1 aromatic rings. The lowest BCUT2D eigenvalue weighted by Gasteiger charge is -2.33. The van der Waals surface area contributed by atoms with E-state index >= 15 is 0 Å². The van der Waals surface area contributed by atoms with E-state index in [9.17, 15) is 9.59 Å². The van der Waals surface area contributed by atoms with Crippen LogP contribution in [0.2, 0.25) is 0 Å². The quantitative estimate of drug-likeness (QED) is 0.906. The molecule has 1 saturated heterocycles. The van der Waals surface area contributed by atoms with Gasteiger partial charge in [-0.2, -0.15) is 0 Å². The van der Waals surface area contributed by atoms with Crippen molar-refractivity contribution in [2.45, 2.75) is 46.1 Å². The minimum Gasteiger partial charge on any atom is -0.495 e. The van der Waals surface area contributed by atoms with Crippen LogP contribution in [0.4, 0.5) is 10.5 Å². The maximum Gasteiger partial charge on any atom is 0.410 e. The molecule has 2 rings (SSSR count). The van der Waals surface area contributed by atoms with E-state index in [4.69, 9.17) is 9.47 Å². The topological polar surface area (TPSA) is 67.9 Å². The van der Waals surface area contributed by atoms with Gasteiger partial charge in [-0.05, 0) is 58.2 Å². The predicted octanol–water partition coefficient (Wildman–Crippen LogP) is 3.59. The highest BCUT2D eigenvalue weighted by atomic mass is 16.6. The van der Waals surface area contributed by atoms with E-state index in [1.54, 1.807) is 12.0 Å². The highest BCUT2D eigenvalue weighted by Crippen LogP contribution is 2.27. The number of piperidine rings is 1. The van der Waals surface area contributed by atoms with Crippen LogP contribution in [0.5, 0.6) is 5.75 Å². The summed E-state index contributed by atoms with van der Waals surface area (Å²) in [5, 5.41) is 2.94. The van der Waals surface area contributed by atoms with Crippen molar-refractivity contribution in [3.63, 3.8) is 0 Å². The van der Waals surface area contributed by atoms with Crippen molar-refractivity contribution in [2.75, 3.05) is 25.5 Å². The molecule has 1 aromatic carbocycles. The smallest absolute Gasteiger partial charge is 0.410 e. The van der Waals surface area contributed by atoms with E-state index in [2.05, 4.69) is 5.32 Å². The molecular formula is C19H28N2O4. The van der Waals surface area contributed by atoms with Crippen molar-refractivity contribution in [3.05, 3.63) is 23.8 Å². The first-order valence-corrected chi connectivity index (χ1v) is 8.63. The third kappa shape index (κ3) is 5.37. The monoisotopic (exact) mass is 348 g/mol. The third-order valence-electron chi connectivity index (χ3n) is 4.06. The first-order chi connectivity index (χ1) is 11.7. The Balaban J connectivity index is 2.02. The second-order valence-corrected chi connectivity index (χ2v) is 7.46. The number of carbonyl (C=O) groups is 2. The van der Waals surface area contributed by atoms with Crippen molar-refractivity contribution in [2.24, 2.45) is 5.92 Å². The van der Waals surface area contributed by atoms with Crippen LogP contribution in [0.1, 0.15) is 39.2 Å². The summed E-state index contributed by atoms with van der Waals surface area (Å²) < 4.78 is 10.7. The van der Waals surface area contributed by atoms with Gasteiger partial charge in [0.1, 0.15) is 11.4 Å². The lowest BCUT2D eigenvalue weighted by molar-refractivity contribution is -0.121. The number of rotatable bonds is 3. The van der Waals surface area contributed by atoms with Gasteiger partial charge in [-0.1, -0.05) is 6.07 Å². The van der Waals surface area contributed by atoms with Crippen LogP contribution in [0, 0.1) is 12.8 Å². The SMILES string of the molecule is COc1ccc(C)cc1NC(=O)[C@@H]1CCCN(C(=O)OC(C)(C)C)C1. The number of nitrogens with one attached hydrogen (secondary N) is 1. The van der Waals surface area contributed by atoms with E-state index in [1.807, 2.05) is 45.9 Å². The number of benzene rings is 1. The zero-order chi connectivity index (χ0) is 18.6. The van der Waals surface area contributed by atoms with Crippen LogP contribution in [0.15, 0.2) is 18.2 Å². The molecule has 0 spiro atoms. The molecule has 0 saturated carbocycles. The molecule has 1 heterocycles. The third-order valence-corrected chi connectivity index (χ3v) is 4.06. The van der Waals surface area contributed by atoms with E-state index in [0.717, 1.165) is 18.4 Å². The number of hydrogen-bond donors (Lipinski definition) is 1. The van der Waals surface area contributed by atoms with E-state index < -0.39 is 5.60 Å². The molecule has 1 atom stereocenters. The second-order valence-electron chi connectivity index (χ2n) is 7.46. The van der Waals surface area contributed by atoms with Gasteiger partial charge in [0.15, 0.2) is 0 Å². The zero-order valence-electron chi connectivity index (χ0n) is 15.7. The molecule has 2 amide bonds. The molecule has 0 unspecified atom stereocenters. The Morgan fingerprint density at radius 2 is 2.00 bits per heavy atom. The van der Waals surface area contributed by atoms with Gasteiger partial charge in [0.25, 0.3) is 0 Å². The number of amides is 2. The summed E-state index contributed by atoms with van der Waals surface area (Å²) in [5.41, 5.74) is 1.15. The molecule has 6 nitrogen and oxygen atoms in total. The number of likely N-dealkylation sites (tertiary alicyclic amines) is 1. The Morgan fingerprint density at radius 1 is 1.28 bits per heavy atom. The highest BCUT2D eigenvalue weighted by molar-refractivity contribution is 5.94. The van der Waals surface area contributed by atoms with Crippen molar-refractivity contribution in [3.8, 4) is 5.75 Å². The van der Waals surface area contributed by atoms with E-state index in [0.29, 0.717) is 24.5 Å². The molecule has 25 heavy (non-hydrogen) atoms. The van der Waals surface area contributed by atoms with Gasteiger partial charge >= 0.3 is 6.09 Å². The fraction of sp³-hybridized carbons (Fsp3) is 0.579. The largest absolute Gasteiger partial charge is 0.495 e. The summed E-state index contributed by atoms with van der Waals surface area (Å²) in [7, 11) is 1.57. The van der Waals surface area contributed by atoms with Crippen molar-refractivity contribution >= 4 is 17.7 Å². The number of methoxy groups -OCH3 is 1. The Labute approximate surface area is 149 Å². The summed E-state index contributed by atoms with van der Waals surface area (Å²) in [6, 6.07) is 5.64. The fourth-order valence-corrected chi connectivity index (χ4v) is 2.84. The van der Waals surface area contributed by atoms with Gasteiger partial charge in [-0.25, -0.2) is 4.79 Å². The van der Waals surface area contributed by atoms with Crippen LogP contribution in [-0.4, -0.2) is 42.7 Å². The Kier molecular flexibility index (Phi) is 5.93. The summed E-state index contributed by atoms with van der Waals surface area (Å²) in [4.78, 5) is 26.5. The molecule has 0 bridgehead atoms. The van der Waals surface area contributed by atoms with Gasteiger partial charge in [0.05, 0.1) is 18.7 Å².